The largest absolute Gasteiger partial charge is 0.376 e. The van der Waals surface area contributed by atoms with Crippen molar-refractivity contribution in [1.29, 1.82) is 0 Å². The van der Waals surface area contributed by atoms with E-state index in [9.17, 15) is 0 Å². The van der Waals surface area contributed by atoms with E-state index in [4.69, 9.17) is 4.74 Å². The van der Waals surface area contributed by atoms with Crippen molar-refractivity contribution in [2.45, 2.75) is 26.2 Å². The topological polar surface area (TPSA) is 9.23 Å². The van der Waals surface area contributed by atoms with Crippen LogP contribution in [0, 0.1) is 11.8 Å². The van der Waals surface area contributed by atoms with Gasteiger partial charge in [0.25, 0.3) is 0 Å². The van der Waals surface area contributed by atoms with E-state index in [1.807, 2.05) is 0 Å². The van der Waals surface area contributed by atoms with Crippen LogP contribution >= 0.6 is 0 Å². The molecule has 0 fully saturated rings. The van der Waals surface area contributed by atoms with Crippen LogP contribution in [0.3, 0.4) is 0 Å². The Kier molecular flexibility index (Phi) is 8.64. The zero-order valence-electron chi connectivity index (χ0n) is 7.23. The Hall–Kier alpha value is -0.740. The number of ether oxygens (including phenoxy) is 1. The number of unbranched alkanes of at least 4 members (excludes halogenated alkanes) is 1. The average Bonchev–Trinajstić information content (AvgIpc) is 2.03. The summed E-state index contributed by atoms with van der Waals surface area (Å²) in [6.07, 6.45) is 4.73. The highest BCUT2D eigenvalue weighted by atomic mass is 16.5. The lowest BCUT2D eigenvalue weighted by molar-refractivity contribution is 0.169. The first kappa shape index (κ1) is 10.3. The normalized spacial score (nSPS) is 8.45. The predicted molar refractivity (Wildman–Crippen MR) is 48.3 cm³/mol. The van der Waals surface area contributed by atoms with Crippen LogP contribution in [0.25, 0.3) is 0 Å². The minimum atomic E-state index is 0.634. The summed E-state index contributed by atoms with van der Waals surface area (Å²) in [5.41, 5.74) is 0. The Morgan fingerprint density at radius 2 is 2.09 bits per heavy atom. The molecule has 0 aliphatic carbocycles. The van der Waals surface area contributed by atoms with E-state index in [2.05, 4.69) is 25.3 Å². The summed E-state index contributed by atoms with van der Waals surface area (Å²) in [4.78, 5) is 0. The fraction of sp³-hybridized carbons (Fsp3) is 0.600. The smallest absolute Gasteiger partial charge is 0.0645 e. The van der Waals surface area contributed by atoms with Gasteiger partial charge in [-0.05, 0) is 6.42 Å². The fourth-order valence-corrected chi connectivity index (χ4v) is 0.592. The monoisotopic (exact) mass is 152 g/mol. The van der Waals surface area contributed by atoms with E-state index in [-0.39, 0.29) is 0 Å². The van der Waals surface area contributed by atoms with E-state index >= 15 is 0 Å². The minimum Gasteiger partial charge on any atom is -0.376 e. The van der Waals surface area contributed by atoms with Crippen LogP contribution < -0.4 is 0 Å². The summed E-state index contributed by atoms with van der Waals surface area (Å²) in [5.74, 6) is 6.09. The Balaban J connectivity index is 3.02. The van der Waals surface area contributed by atoms with Gasteiger partial charge in [-0.2, -0.15) is 0 Å². The molecule has 0 aromatic carbocycles. The molecule has 0 bridgehead atoms. The lowest BCUT2D eigenvalue weighted by Crippen LogP contribution is -1.91. The molecule has 0 spiro atoms. The zero-order chi connectivity index (χ0) is 8.36. The van der Waals surface area contributed by atoms with Crippen molar-refractivity contribution >= 4 is 0 Å². The van der Waals surface area contributed by atoms with Crippen molar-refractivity contribution < 1.29 is 4.74 Å². The Morgan fingerprint density at radius 1 is 1.36 bits per heavy atom. The fourth-order valence-electron chi connectivity index (χ4n) is 0.592. The first-order valence-corrected chi connectivity index (χ1v) is 4.06. The molecule has 0 heterocycles. The van der Waals surface area contributed by atoms with Crippen molar-refractivity contribution in [3.05, 3.63) is 12.7 Å². The van der Waals surface area contributed by atoms with Crippen LogP contribution in [0.2, 0.25) is 0 Å². The van der Waals surface area contributed by atoms with Crippen LogP contribution in [0.4, 0.5) is 0 Å². The molecule has 0 saturated heterocycles. The second kappa shape index (κ2) is 9.26. The van der Waals surface area contributed by atoms with Crippen LogP contribution in [-0.2, 0) is 4.74 Å². The molecule has 0 N–H and O–H groups in total. The second-order valence-electron chi connectivity index (χ2n) is 2.22. The van der Waals surface area contributed by atoms with Gasteiger partial charge in [-0.1, -0.05) is 13.0 Å². The second-order valence-corrected chi connectivity index (χ2v) is 2.22. The quantitative estimate of drug-likeness (QED) is 0.334. The molecule has 0 aromatic heterocycles. The molecule has 0 unspecified atom stereocenters. The third-order valence-electron chi connectivity index (χ3n) is 1.11. The molecule has 62 valence electrons. The third kappa shape index (κ3) is 9.26. The Morgan fingerprint density at radius 3 is 2.73 bits per heavy atom. The van der Waals surface area contributed by atoms with Gasteiger partial charge in [-0.15, -0.1) is 18.4 Å². The molecule has 0 radical (unpaired) electrons. The molecule has 0 aromatic rings. The highest BCUT2D eigenvalue weighted by Gasteiger charge is 1.79. The molecule has 11 heavy (non-hydrogen) atoms. The van der Waals surface area contributed by atoms with Crippen molar-refractivity contribution in [2.75, 3.05) is 13.2 Å². The SMILES string of the molecule is C=CCOCCC#CCCC. The maximum absolute atomic E-state index is 5.14. The number of hydrogen-bond donors (Lipinski definition) is 0. The van der Waals surface area contributed by atoms with Crippen molar-refractivity contribution in [2.24, 2.45) is 0 Å². The van der Waals surface area contributed by atoms with E-state index < -0.39 is 0 Å². The first-order valence-electron chi connectivity index (χ1n) is 4.06. The van der Waals surface area contributed by atoms with Gasteiger partial charge in [-0.25, -0.2) is 0 Å². The minimum absolute atomic E-state index is 0.634. The molecular formula is C10H16O. The first-order chi connectivity index (χ1) is 5.41. The molecule has 0 amide bonds. The summed E-state index contributed by atoms with van der Waals surface area (Å²) in [7, 11) is 0. The van der Waals surface area contributed by atoms with Gasteiger partial charge in [0.1, 0.15) is 0 Å². The van der Waals surface area contributed by atoms with Gasteiger partial charge in [0, 0.05) is 12.8 Å². The van der Waals surface area contributed by atoms with E-state index in [1.165, 1.54) is 0 Å². The molecule has 0 saturated carbocycles. The lowest BCUT2D eigenvalue weighted by Gasteiger charge is -1.93. The zero-order valence-corrected chi connectivity index (χ0v) is 7.23. The number of rotatable bonds is 5. The standard InChI is InChI=1S/C10H16O/c1-3-5-6-7-8-10-11-9-4-2/h4H,2-3,5,8-10H2,1H3. The van der Waals surface area contributed by atoms with E-state index in [0.29, 0.717) is 6.61 Å². The maximum atomic E-state index is 5.14. The highest BCUT2D eigenvalue weighted by Crippen LogP contribution is 1.84. The van der Waals surface area contributed by atoms with Gasteiger partial charge in [0.15, 0.2) is 0 Å². The summed E-state index contributed by atoms with van der Waals surface area (Å²) in [6.45, 7) is 7.03. The van der Waals surface area contributed by atoms with E-state index in [1.54, 1.807) is 6.08 Å². The lowest BCUT2D eigenvalue weighted by atomic mass is 10.3. The van der Waals surface area contributed by atoms with Crippen molar-refractivity contribution in [3.8, 4) is 11.8 Å². The van der Waals surface area contributed by atoms with Gasteiger partial charge in [0.2, 0.25) is 0 Å². The molecule has 0 rings (SSSR count). The summed E-state index contributed by atoms with van der Waals surface area (Å²) in [6, 6.07) is 0. The Labute approximate surface area is 69.4 Å². The molecule has 1 heteroatoms. The van der Waals surface area contributed by atoms with Gasteiger partial charge < -0.3 is 4.74 Å². The van der Waals surface area contributed by atoms with Crippen LogP contribution in [0.5, 0.6) is 0 Å². The molecule has 1 nitrogen and oxygen atoms in total. The van der Waals surface area contributed by atoms with Crippen LogP contribution in [-0.4, -0.2) is 13.2 Å². The third-order valence-corrected chi connectivity index (χ3v) is 1.11. The highest BCUT2D eigenvalue weighted by molar-refractivity contribution is 4.98. The van der Waals surface area contributed by atoms with Crippen molar-refractivity contribution in [1.82, 2.24) is 0 Å². The molecular weight excluding hydrogens is 136 g/mol. The van der Waals surface area contributed by atoms with Gasteiger partial charge in [-0.3, -0.25) is 0 Å². The predicted octanol–water partition coefficient (Wildman–Crippen LogP) is 2.38. The molecule has 0 aliphatic rings. The average molecular weight is 152 g/mol. The van der Waals surface area contributed by atoms with Crippen molar-refractivity contribution in [3.63, 3.8) is 0 Å². The summed E-state index contributed by atoms with van der Waals surface area (Å²) < 4.78 is 5.14. The molecule has 0 aliphatic heterocycles. The van der Waals surface area contributed by atoms with Crippen LogP contribution in [0.1, 0.15) is 26.2 Å². The molecule has 0 atom stereocenters. The van der Waals surface area contributed by atoms with Gasteiger partial charge >= 0.3 is 0 Å². The van der Waals surface area contributed by atoms with E-state index in [0.717, 1.165) is 25.9 Å². The summed E-state index contributed by atoms with van der Waals surface area (Å²) in [5, 5.41) is 0. The number of hydrogen-bond acceptors (Lipinski definition) is 1. The Bertz CT molecular complexity index is 139. The van der Waals surface area contributed by atoms with Crippen LogP contribution in [0.15, 0.2) is 12.7 Å². The summed E-state index contributed by atoms with van der Waals surface area (Å²) >= 11 is 0. The van der Waals surface area contributed by atoms with Gasteiger partial charge in [0.05, 0.1) is 13.2 Å². The maximum Gasteiger partial charge on any atom is 0.0645 e.